The third kappa shape index (κ3) is 5.42. The molecule has 2 aromatic carbocycles. The topological polar surface area (TPSA) is 62.3 Å². The summed E-state index contributed by atoms with van der Waals surface area (Å²) in [6.07, 6.45) is -3.50. The Morgan fingerprint density at radius 2 is 1.81 bits per heavy atom. The highest BCUT2D eigenvalue weighted by Gasteiger charge is 2.31. The third-order valence-corrected chi connectivity index (χ3v) is 4.81. The van der Waals surface area contributed by atoms with Gasteiger partial charge in [-0.05, 0) is 35.9 Å². The molecule has 5 nitrogen and oxygen atoms in total. The molecular formula is C22H16ClF4N3O2. The second-order valence-corrected chi connectivity index (χ2v) is 7.12. The van der Waals surface area contributed by atoms with Crippen molar-refractivity contribution in [3.8, 4) is 0 Å². The van der Waals surface area contributed by atoms with Gasteiger partial charge < -0.3 is 5.32 Å². The number of carbonyl (C=O) groups is 2. The fourth-order valence-electron chi connectivity index (χ4n) is 2.98. The van der Waals surface area contributed by atoms with E-state index < -0.39 is 29.4 Å². The summed E-state index contributed by atoms with van der Waals surface area (Å²) in [6, 6.07) is 11.1. The van der Waals surface area contributed by atoms with Crippen LogP contribution in [-0.2, 0) is 22.2 Å². The van der Waals surface area contributed by atoms with Crippen LogP contribution in [0.2, 0.25) is 5.02 Å². The van der Waals surface area contributed by atoms with E-state index in [4.69, 9.17) is 11.6 Å². The van der Waals surface area contributed by atoms with E-state index in [1.807, 2.05) is 0 Å². The summed E-state index contributed by atoms with van der Waals surface area (Å²) in [5.74, 6) is -1.73. The van der Waals surface area contributed by atoms with Gasteiger partial charge in [-0.25, -0.2) is 9.37 Å². The molecular weight excluding hydrogens is 450 g/mol. The van der Waals surface area contributed by atoms with Crippen molar-refractivity contribution in [1.29, 1.82) is 0 Å². The van der Waals surface area contributed by atoms with Gasteiger partial charge in [0.15, 0.2) is 0 Å². The maximum absolute atomic E-state index is 13.6. The lowest BCUT2D eigenvalue weighted by Crippen LogP contribution is -2.24. The number of pyridine rings is 1. The van der Waals surface area contributed by atoms with E-state index >= 15 is 0 Å². The van der Waals surface area contributed by atoms with Crippen molar-refractivity contribution < 1.29 is 27.2 Å². The molecule has 32 heavy (non-hydrogen) atoms. The summed E-state index contributed by atoms with van der Waals surface area (Å²) in [7, 11) is 0. The quantitative estimate of drug-likeness (QED) is 0.487. The number of aromatic nitrogens is 1. The monoisotopic (exact) mass is 465 g/mol. The number of alkyl halides is 3. The van der Waals surface area contributed by atoms with Crippen molar-refractivity contribution in [1.82, 2.24) is 4.98 Å². The van der Waals surface area contributed by atoms with E-state index in [0.717, 1.165) is 17.0 Å². The smallest absolute Gasteiger partial charge is 0.326 e. The first-order valence-electron chi connectivity index (χ1n) is 9.23. The highest BCUT2D eigenvalue weighted by molar-refractivity contribution is 6.31. The van der Waals surface area contributed by atoms with Gasteiger partial charge in [0, 0.05) is 24.9 Å². The summed E-state index contributed by atoms with van der Waals surface area (Å²) in [5.41, 5.74) is -0.425. The Morgan fingerprint density at radius 1 is 1.09 bits per heavy atom. The fraction of sp³-hybridized carbons (Fsp3) is 0.136. The van der Waals surface area contributed by atoms with Crippen LogP contribution >= 0.6 is 11.6 Å². The molecule has 0 atom stereocenters. The summed E-state index contributed by atoms with van der Waals surface area (Å²) in [4.78, 5) is 29.6. The number of hydrogen-bond donors (Lipinski definition) is 1. The predicted molar refractivity (Wildman–Crippen MR) is 112 cm³/mol. The predicted octanol–water partition coefficient (Wildman–Crippen LogP) is 5.76. The van der Waals surface area contributed by atoms with Gasteiger partial charge >= 0.3 is 6.18 Å². The van der Waals surface area contributed by atoms with E-state index in [-0.39, 0.29) is 34.2 Å². The molecule has 1 N–H and O–H groups in total. The van der Waals surface area contributed by atoms with E-state index in [1.165, 1.54) is 55.6 Å². The summed E-state index contributed by atoms with van der Waals surface area (Å²) in [5, 5.41) is 2.42. The van der Waals surface area contributed by atoms with Gasteiger partial charge in [0.1, 0.15) is 11.6 Å². The minimum absolute atomic E-state index is 0.0124. The molecule has 0 unspecified atom stereocenters. The van der Waals surface area contributed by atoms with Crippen LogP contribution in [0.25, 0.3) is 0 Å². The molecule has 0 bridgehead atoms. The van der Waals surface area contributed by atoms with Crippen molar-refractivity contribution >= 4 is 40.6 Å². The summed E-state index contributed by atoms with van der Waals surface area (Å²) >= 11 is 5.87. The molecule has 0 saturated carbocycles. The van der Waals surface area contributed by atoms with Crippen LogP contribution in [0, 0.1) is 5.82 Å². The van der Waals surface area contributed by atoms with Crippen LogP contribution in [-0.4, -0.2) is 16.8 Å². The lowest BCUT2D eigenvalue weighted by atomic mass is 10.1. The second-order valence-electron chi connectivity index (χ2n) is 6.74. The largest absolute Gasteiger partial charge is 0.416 e. The number of halogens is 5. The molecule has 1 heterocycles. The maximum Gasteiger partial charge on any atom is 0.416 e. The molecule has 0 spiro atoms. The van der Waals surface area contributed by atoms with Crippen molar-refractivity contribution in [2.75, 3.05) is 10.2 Å². The highest BCUT2D eigenvalue weighted by Crippen LogP contribution is 2.34. The molecule has 0 aliphatic heterocycles. The highest BCUT2D eigenvalue weighted by atomic mass is 35.5. The lowest BCUT2D eigenvalue weighted by Gasteiger charge is -2.22. The number of hydrogen-bond acceptors (Lipinski definition) is 3. The number of nitrogens with zero attached hydrogens (tertiary/aromatic N) is 2. The Bertz CT molecular complexity index is 1170. The molecule has 2 amide bonds. The van der Waals surface area contributed by atoms with Crippen molar-refractivity contribution in [2.45, 2.75) is 19.5 Å². The molecule has 0 fully saturated rings. The number of carbonyl (C=O) groups excluding carboxylic acids is 2. The van der Waals surface area contributed by atoms with Gasteiger partial charge in [-0.3, -0.25) is 14.5 Å². The van der Waals surface area contributed by atoms with Crippen LogP contribution in [0.3, 0.4) is 0 Å². The van der Waals surface area contributed by atoms with Crippen LogP contribution in [0.15, 0.2) is 60.8 Å². The van der Waals surface area contributed by atoms with Gasteiger partial charge in [0.25, 0.3) is 0 Å². The minimum atomic E-state index is -4.58. The first-order valence-corrected chi connectivity index (χ1v) is 9.61. The average Bonchev–Trinajstić information content (AvgIpc) is 2.71. The van der Waals surface area contributed by atoms with Crippen LogP contribution in [0.4, 0.5) is 34.8 Å². The Kier molecular flexibility index (Phi) is 6.78. The molecule has 3 rings (SSSR count). The Morgan fingerprint density at radius 3 is 2.50 bits per heavy atom. The zero-order chi connectivity index (χ0) is 23.5. The van der Waals surface area contributed by atoms with Gasteiger partial charge in [0.2, 0.25) is 11.8 Å². The molecule has 0 radical (unpaired) electrons. The number of anilines is 3. The van der Waals surface area contributed by atoms with Crippen LogP contribution < -0.4 is 10.2 Å². The third-order valence-electron chi connectivity index (χ3n) is 4.39. The molecule has 0 aliphatic carbocycles. The van der Waals surface area contributed by atoms with E-state index in [9.17, 15) is 27.2 Å². The van der Waals surface area contributed by atoms with Crippen molar-refractivity contribution in [3.63, 3.8) is 0 Å². The molecule has 1 aromatic heterocycles. The molecule has 0 saturated heterocycles. The van der Waals surface area contributed by atoms with Gasteiger partial charge in [-0.15, -0.1) is 0 Å². The normalized spacial score (nSPS) is 11.2. The number of benzene rings is 2. The van der Waals surface area contributed by atoms with Gasteiger partial charge in [0.05, 0.1) is 22.7 Å². The SMILES string of the molecule is CC(=O)N(c1cccc(C(F)(F)F)c1)c1cc(NC(=O)Cc2cccc(F)c2Cl)ccn1. The minimum Gasteiger partial charge on any atom is -0.326 e. The zero-order valence-corrected chi connectivity index (χ0v) is 17.3. The average molecular weight is 466 g/mol. The zero-order valence-electron chi connectivity index (χ0n) is 16.6. The Balaban J connectivity index is 1.85. The number of rotatable bonds is 5. The Labute approximate surface area is 185 Å². The summed E-state index contributed by atoms with van der Waals surface area (Å²) in [6.45, 7) is 1.18. The standard InChI is InChI=1S/C22H16ClF4N3O2/c1-13(31)30(17-6-3-5-15(11-17)22(25,26)27)19-12-16(8-9-28-19)29-20(32)10-14-4-2-7-18(24)21(14)23/h2-9,11-12H,10H2,1H3,(H,28,29,32). The summed E-state index contributed by atoms with van der Waals surface area (Å²) < 4.78 is 52.8. The molecule has 0 aliphatic rings. The molecule has 3 aromatic rings. The second kappa shape index (κ2) is 9.35. The number of nitrogens with one attached hydrogen (secondary N) is 1. The van der Waals surface area contributed by atoms with Crippen molar-refractivity contribution in [2.24, 2.45) is 0 Å². The Hall–Kier alpha value is -3.46. The molecule has 166 valence electrons. The lowest BCUT2D eigenvalue weighted by molar-refractivity contribution is -0.137. The van der Waals surface area contributed by atoms with Crippen LogP contribution in [0.5, 0.6) is 0 Å². The van der Waals surface area contributed by atoms with Gasteiger partial charge in [-0.2, -0.15) is 13.2 Å². The van der Waals surface area contributed by atoms with Crippen LogP contribution in [0.1, 0.15) is 18.1 Å². The first-order chi connectivity index (χ1) is 15.1. The van der Waals surface area contributed by atoms with Crippen molar-refractivity contribution in [3.05, 3.63) is 82.8 Å². The number of amides is 2. The van der Waals surface area contributed by atoms with Gasteiger partial charge in [-0.1, -0.05) is 29.8 Å². The maximum atomic E-state index is 13.6. The van der Waals surface area contributed by atoms with E-state index in [2.05, 4.69) is 10.3 Å². The molecule has 10 heteroatoms. The van der Waals surface area contributed by atoms with E-state index in [0.29, 0.717) is 0 Å². The first kappa shape index (κ1) is 23.2. The van der Waals surface area contributed by atoms with E-state index in [1.54, 1.807) is 0 Å². The fourth-order valence-corrected chi connectivity index (χ4v) is 3.17.